The molecule has 0 spiro atoms. The molecule has 3 rings (SSSR count). The van der Waals surface area contributed by atoms with E-state index in [2.05, 4.69) is 15.0 Å². The number of nitrogens with zero attached hydrogens (tertiary/aromatic N) is 6. The van der Waals surface area contributed by atoms with Gasteiger partial charge >= 0.3 is 5.69 Å². The Bertz CT molecular complexity index is 862. The Labute approximate surface area is 118 Å². The number of rotatable bonds is 3. The average Bonchev–Trinajstić information content (AvgIpc) is 2.85. The van der Waals surface area contributed by atoms with Gasteiger partial charge in [0.25, 0.3) is 0 Å². The molecule has 0 unspecified atom stereocenters. The molecule has 0 amide bonds. The van der Waals surface area contributed by atoms with Crippen molar-refractivity contribution in [2.75, 3.05) is 0 Å². The van der Waals surface area contributed by atoms with Crippen LogP contribution in [-0.2, 0) is 6.42 Å². The molecule has 0 aliphatic carbocycles. The van der Waals surface area contributed by atoms with E-state index in [4.69, 9.17) is 5.26 Å². The molecule has 2 heterocycles. The summed E-state index contributed by atoms with van der Waals surface area (Å²) in [6.45, 7) is 0. The number of nitriles is 1. The van der Waals surface area contributed by atoms with E-state index in [0.29, 0.717) is 11.3 Å². The number of para-hydroxylation sites is 2. The van der Waals surface area contributed by atoms with E-state index < -0.39 is 4.92 Å². The summed E-state index contributed by atoms with van der Waals surface area (Å²) in [7, 11) is 0. The summed E-state index contributed by atoms with van der Waals surface area (Å²) in [4.78, 5) is 22.4. The molecular formula is C13H8N6O2. The van der Waals surface area contributed by atoms with Gasteiger partial charge in [0.1, 0.15) is 18.2 Å². The highest BCUT2D eigenvalue weighted by Crippen LogP contribution is 2.20. The lowest BCUT2D eigenvalue weighted by atomic mass is 10.3. The first-order valence-electron chi connectivity index (χ1n) is 6.01. The monoisotopic (exact) mass is 280 g/mol. The normalized spacial score (nSPS) is 10.4. The Morgan fingerprint density at radius 3 is 2.67 bits per heavy atom. The number of benzene rings is 1. The van der Waals surface area contributed by atoms with E-state index >= 15 is 0 Å². The predicted octanol–water partition coefficient (Wildman–Crippen LogP) is 1.79. The van der Waals surface area contributed by atoms with Crippen molar-refractivity contribution in [2.24, 2.45) is 0 Å². The van der Waals surface area contributed by atoms with Crippen molar-refractivity contribution in [3.05, 3.63) is 52.6 Å². The van der Waals surface area contributed by atoms with Crippen molar-refractivity contribution in [1.29, 1.82) is 5.26 Å². The van der Waals surface area contributed by atoms with Gasteiger partial charge in [0.15, 0.2) is 0 Å². The molecule has 3 aromatic rings. The van der Waals surface area contributed by atoms with Crippen LogP contribution in [0.5, 0.6) is 0 Å². The summed E-state index contributed by atoms with van der Waals surface area (Å²) in [5, 5.41) is 19.5. The van der Waals surface area contributed by atoms with Crippen LogP contribution in [-0.4, -0.2) is 24.4 Å². The maximum Gasteiger partial charge on any atom is 0.305 e. The fraction of sp³-hybridized carbons (Fsp3) is 0.0769. The lowest BCUT2D eigenvalue weighted by Crippen LogP contribution is -2.05. The van der Waals surface area contributed by atoms with Gasteiger partial charge in [0.2, 0.25) is 5.95 Å². The molecule has 2 aromatic heterocycles. The van der Waals surface area contributed by atoms with Crippen molar-refractivity contribution in [1.82, 2.24) is 19.5 Å². The molecule has 0 aliphatic heterocycles. The Kier molecular flexibility index (Phi) is 3.00. The molecule has 8 nitrogen and oxygen atoms in total. The molecule has 102 valence electrons. The summed E-state index contributed by atoms with van der Waals surface area (Å²) in [5.41, 5.74) is 1.27. The molecule has 0 saturated heterocycles. The van der Waals surface area contributed by atoms with Gasteiger partial charge in [0, 0.05) is 0 Å². The third-order valence-corrected chi connectivity index (χ3v) is 2.90. The zero-order valence-electron chi connectivity index (χ0n) is 10.7. The predicted molar refractivity (Wildman–Crippen MR) is 72.6 cm³/mol. The first kappa shape index (κ1) is 12.7. The largest absolute Gasteiger partial charge is 0.305 e. The first-order chi connectivity index (χ1) is 10.2. The molecule has 0 bridgehead atoms. The summed E-state index contributed by atoms with van der Waals surface area (Å²) in [6, 6.07) is 9.36. The van der Waals surface area contributed by atoms with Gasteiger partial charge in [-0.25, -0.2) is 15.0 Å². The zero-order chi connectivity index (χ0) is 14.8. The average molecular weight is 280 g/mol. The van der Waals surface area contributed by atoms with Crippen LogP contribution in [0.3, 0.4) is 0 Å². The number of fused-ring (bicyclic) bond motifs is 1. The van der Waals surface area contributed by atoms with Gasteiger partial charge in [0.05, 0.1) is 28.4 Å². The van der Waals surface area contributed by atoms with Crippen LogP contribution in [0.1, 0.15) is 5.82 Å². The molecule has 0 aliphatic rings. The Morgan fingerprint density at radius 1 is 1.29 bits per heavy atom. The van der Waals surface area contributed by atoms with E-state index in [0.717, 1.165) is 17.9 Å². The van der Waals surface area contributed by atoms with Crippen molar-refractivity contribution in [3.8, 4) is 12.0 Å². The van der Waals surface area contributed by atoms with Crippen molar-refractivity contribution in [3.63, 3.8) is 0 Å². The van der Waals surface area contributed by atoms with Gasteiger partial charge in [-0.15, -0.1) is 0 Å². The quantitative estimate of drug-likeness (QED) is 0.534. The maximum atomic E-state index is 10.6. The van der Waals surface area contributed by atoms with Gasteiger partial charge in [-0.3, -0.25) is 14.7 Å². The van der Waals surface area contributed by atoms with Crippen molar-refractivity contribution >= 4 is 16.7 Å². The van der Waals surface area contributed by atoms with E-state index in [1.54, 1.807) is 4.57 Å². The topological polar surface area (TPSA) is 111 Å². The van der Waals surface area contributed by atoms with Crippen LogP contribution in [0.25, 0.3) is 17.0 Å². The molecule has 0 fully saturated rings. The second-order valence-electron chi connectivity index (χ2n) is 4.19. The minimum Gasteiger partial charge on any atom is -0.263 e. The number of imidazole rings is 1. The second-order valence-corrected chi connectivity index (χ2v) is 4.19. The summed E-state index contributed by atoms with van der Waals surface area (Å²) in [5.74, 6) is 0.743. The minimum absolute atomic E-state index is 0.0923. The SMILES string of the molecule is N#CCc1nc2ccccc2n1-c1ncc([N+](=O)[O-])cn1. The lowest BCUT2D eigenvalue weighted by molar-refractivity contribution is -0.385. The smallest absolute Gasteiger partial charge is 0.263 e. The van der Waals surface area contributed by atoms with Crippen LogP contribution in [0.2, 0.25) is 0 Å². The molecule has 0 N–H and O–H groups in total. The van der Waals surface area contributed by atoms with Crippen molar-refractivity contribution < 1.29 is 4.92 Å². The van der Waals surface area contributed by atoms with Crippen LogP contribution < -0.4 is 0 Å². The van der Waals surface area contributed by atoms with Gasteiger partial charge < -0.3 is 0 Å². The Hall–Kier alpha value is -3.34. The highest BCUT2D eigenvalue weighted by molar-refractivity contribution is 5.77. The van der Waals surface area contributed by atoms with Crippen LogP contribution in [0, 0.1) is 21.4 Å². The van der Waals surface area contributed by atoms with Crippen LogP contribution in [0.4, 0.5) is 5.69 Å². The van der Waals surface area contributed by atoms with Gasteiger partial charge in [-0.2, -0.15) is 5.26 Å². The van der Waals surface area contributed by atoms with E-state index in [1.165, 1.54) is 0 Å². The molecule has 0 radical (unpaired) electrons. The van der Waals surface area contributed by atoms with Gasteiger partial charge in [-0.1, -0.05) is 12.1 Å². The third-order valence-electron chi connectivity index (χ3n) is 2.90. The third kappa shape index (κ3) is 2.17. The van der Waals surface area contributed by atoms with E-state index in [-0.39, 0.29) is 18.1 Å². The number of aromatic nitrogens is 4. The molecule has 8 heteroatoms. The molecule has 1 aromatic carbocycles. The molecular weight excluding hydrogens is 272 g/mol. The van der Waals surface area contributed by atoms with Crippen molar-refractivity contribution in [2.45, 2.75) is 6.42 Å². The summed E-state index contributed by atoms with van der Waals surface area (Å²) in [6.07, 6.45) is 2.36. The Balaban J connectivity index is 2.20. The molecule has 0 atom stereocenters. The van der Waals surface area contributed by atoms with E-state index in [9.17, 15) is 10.1 Å². The highest BCUT2D eigenvalue weighted by Gasteiger charge is 2.15. The van der Waals surface area contributed by atoms with Gasteiger partial charge in [-0.05, 0) is 12.1 Å². The summed E-state index contributed by atoms with van der Waals surface area (Å²) >= 11 is 0. The highest BCUT2D eigenvalue weighted by atomic mass is 16.6. The number of nitro groups is 1. The molecule has 0 saturated carbocycles. The second kappa shape index (κ2) is 4.97. The fourth-order valence-electron chi connectivity index (χ4n) is 2.01. The number of hydrogen-bond acceptors (Lipinski definition) is 6. The fourth-order valence-corrected chi connectivity index (χ4v) is 2.01. The minimum atomic E-state index is -0.564. The van der Waals surface area contributed by atoms with E-state index in [1.807, 2.05) is 30.3 Å². The number of hydrogen-bond donors (Lipinski definition) is 0. The Morgan fingerprint density at radius 2 is 2.00 bits per heavy atom. The first-order valence-corrected chi connectivity index (χ1v) is 6.01. The van der Waals surface area contributed by atoms with Crippen LogP contribution >= 0.6 is 0 Å². The zero-order valence-corrected chi connectivity index (χ0v) is 10.7. The lowest BCUT2D eigenvalue weighted by Gasteiger charge is -2.04. The molecule has 21 heavy (non-hydrogen) atoms. The van der Waals surface area contributed by atoms with Crippen LogP contribution in [0.15, 0.2) is 36.7 Å². The summed E-state index contributed by atoms with van der Waals surface area (Å²) < 4.78 is 1.63. The standard InChI is InChI=1S/C13H8N6O2/c14-6-5-12-17-10-3-1-2-4-11(10)18(12)13-15-7-9(8-16-13)19(20)21/h1-4,7-8H,5H2. The maximum absolute atomic E-state index is 10.6.